The molecule has 3 rings (SSSR count). The molecule has 0 unspecified atom stereocenters. The number of aliphatic imine (C=N–C) groups is 1. The lowest BCUT2D eigenvalue weighted by atomic mass is 10.1. The number of halogens is 1. The lowest BCUT2D eigenvalue weighted by Gasteiger charge is -2.13. The van der Waals surface area contributed by atoms with E-state index in [0.717, 1.165) is 67.4 Å². The van der Waals surface area contributed by atoms with E-state index < -0.39 is 0 Å². The predicted molar refractivity (Wildman–Crippen MR) is 141 cm³/mol. The molecule has 1 aliphatic rings. The first-order valence-corrected chi connectivity index (χ1v) is 11.5. The Balaban J connectivity index is 0.00000385. The van der Waals surface area contributed by atoms with Crippen LogP contribution in [0.25, 0.3) is 0 Å². The molecule has 2 aromatic rings. The van der Waals surface area contributed by atoms with E-state index in [-0.39, 0.29) is 29.7 Å². The molecular weight excluding hydrogens is 535 g/mol. The first kappa shape index (κ1) is 27.2. The van der Waals surface area contributed by atoms with Crippen molar-refractivity contribution in [3.63, 3.8) is 0 Å². The third kappa shape index (κ3) is 8.02. The highest BCUT2D eigenvalue weighted by Crippen LogP contribution is 2.21. The van der Waals surface area contributed by atoms with Gasteiger partial charge < -0.3 is 20.1 Å². The Morgan fingerprint density at radius 1 is 1.24 bits per heavy atom. The topological polar surface area (TPSA) is 94.7 Å². The summed E-state index contributed by atoms with van der Waals surface area (Å²) in [6.45, 7) is 8.50. The highest BCUT2D eigenvalue weighted by Gasteiger charge is 2.16. The summed E-state index contributed by atoms with van der Waals surface area (Å²) in [5, 5.41) is 11.1. The molecule has 0 fully saturated rings. The zero-order valence-corrected chi connectivity index (χ0v) is 22.3. The first-order valence-electron chi connectivity index (χ1n) is 11.5. The minimum absolute atomic E-state index is 0. The van der Waals surface area contributed by atoms with Crippen molar-refractivity contribution in [2.24, 2.45) is 4.99 Å². The number of benzene rings is 1. The summed E-state index contributed by atoms with van der Waals surface area (Å²) in [6, 6.07) is 6.15. The van der Waals surface area contributed by atoms with Gasteiger partial charge in [0.05, 0.1) is 13.2 Å². The van der Waals surface area contributed by atoms with Crippen molar-refractivity contribution in [1.29, 1.82) is 0 Å². The highest BCUT2D eigenvalue weighted by molar-refractivity contribution is 14.0. The minimum Gasteiger partial charge on any atom is -0.491 e. The summed E-state index contributed by atoms with van der Waals surface area (Å²) >= 11 is 0. The quantitative estimate of drug-likeness (QED) is 0.186. The molecule has 0 amide bonds. The molecule has 0 saturated heterocycles. The zero-order chi connectivity index (χ0) is 22.8. The van der Waals surface area contributed by atoms with Gasteiger partial charge in [-0.25, -0.2) is 14.5 Å². The van der Waals surface area contributed by atoms with Crippen LogP contribution in [0.1, 0.15) is 43.1 Å². The summed E-state index contributed by atoms with van der Waals surface area (Å²) < 4.78 is 14.4. The number of aromatic nitrogens is 3. The number of hydrogen-bond acceptors (Lipinski definition) is 5. The second-order valence-corrected chi connectivity index (χ2v) is 7.96. The van der Waals surface area contributed by atoms with Crippen molar-refractivity contribution in [2.45, 2.75) is 59.2 Å². The van der Waals surface area contributed by atoms with Crippen molar-refractivity contribution in [2.75, 3.05) is 33.4 Å². The van der Waals surface area contributed by atoms with Gasteiger partial charge in [-0.15, -0.1) is 24.0 Å². The average Bonchev–Trinajstić information content (AvgIpc) is 3.11. The van der Waals surface area contributed by atoms with Crippen molar-refractivity contribution >= 4 is 29.9 Å². The third-order valence-electron chi connectivity index (χ3n) is 5.39. The number of hydrogen-bond donors (Lipinski definition) is 2. The van der Waals surface area contributed by atoms with E-state index in [1.165, 1.54) is 0 Å². The summed E-state index contributed by atoms with van der Waals surface area (Å²) in [6.07, 6.45) is 3.86. The van der Waals surface area contributed by atoms with E-state index in [4.69, 9.17) is 14.5 Å². The fraction of sp³-hybridized carbons (Fsp3) is 0.609. The Kier molecular flexibility index (Phi) is 11.7. The van der Waals surface area contributed by atoms with Gasteiger partial charge in [-0.2, -0.15) is 5.10 Å². The van der Waals surface area contributed by atoms with E-state index in [2.05, 4.69) is 27.9 Å². The molecule has 0 spiro atoms. The molecule has 2 heterocycles. The second-order valence-electron chi connectivity index (χ2n) is 7.96. The van der Waals surface area contributed by atoms with E-state index in [0.29, 0.717) is 32.8 Å². The summed E-state index contributed by atoms with van der Waals surface area (Å²) in [5.41, 5.74) is 2.19. The molecule has 0 radical (unpaired) electrons. The van der Waals surface area contributed by atoms with Crippen molar-refractivity contribution < 1.29 is 9.47 Å². The van der Waals surface area contributed by atoms with Gasteiger partial charge >= 0.3 is 5.69 Å². The highest BCUT2D eigenvalue weighted by atomic mass is 127. The second kappa shape index (κ2) is 14.2. The summed E-state index contributed by atoms with van der Waals surface area (Å²) in [7, 11) is 1.66. The van der Waals surface area contributed by atoms with Gasteiger partial charge in [0.15, 0.2) is 5.96 Å². The Bertz CT molecular complexity index is 956. The number of nitrogens with one attached hydrogen (secondary N) is 2. The van der Waals surface area contributed by atoms with Crippen molar-refractivity contribution in [3.8, 4) is 5.75 Å². The van der Waals surface area contributed by atoms with E-state index >= 15 is 0 Å². The van der Waals surface area contributed by atoms with Crippen LogP contribution in [-0.4, -0.2) is 53.7 Å². The van der Waals surface area contributed by atoms with Crippen LogP contribution >= 0.6 is 24.0 Å². The third-order valence-corrected chi connectivity index (χ3v) is 5.39. The maximum atomic E-state index is 12.4. The predicted octanol–water partition coefficient (Wildman–Crippen LogP) is 2.48. The molecule has 0 aliphatic carbocycles. The number of ether oxygens (including phenoxy) is 2. The number of guanidine groups is 1. The number of methoxy groups -OCH3 is 1. The zero-order valence-electron chi connectivity index (χ0n) is 19.9. The maximum Gasteiger partial charge on any atom is 0.345 e. The SMILES string of the molecule is CCNC(=NCc1ccc(C)cc1OCCOC)NCCCn1nc2n(c1=O)CCCC2.I. The Morgan fingerprint density at radius 2 is 2.09 bits per heavy atom. The number of aryl methyl sites for hydroxylation is 3. The molecule has 0 saturated carbocycles. The van der Waals surface area contributed by atoms with Crippen molar-refractivity contribution in [1.82, 2.24) is 25.0 Å². The molecule has 0 atom stereocenters. The maximum absolute atomic E-state index is 12.4. The van der Waals surface area contributed by atoms with Crippen LogP contribution in [0.4, 0.5) is 0 Å². The Morgan fingerprint density at radius 3 is 2.85 bits per heavy atom. The van der Waals surface area contributed by atoms with Crippen LogP contribution in [0.15, 0.2) is 28.0 Å². The van der Waals surface area contributed by atoms with Crippen molar-refractivity contribution in [3.05, 3.63) is 45.6 Å². The van der Waals surface area contributed by atoms with Gasteiger partial charge in [-0.05, 0) is 44.7 Å². The van der Waals surface area contributed by atoms with E-state index in [1.54, 1.807) is 11.8 Å². The van der Waals surface area contributed by atoms with Crippen LogP contribution in [0.5, 0.6) is 5.75 Å². The van der Waals surface area contributed by atoms with Gasteiger partial charge in [0, 0.05) is 45.3 Å². The normalized spacial score (nSPS) is 13.2. The summed E-state index contributed by atoms with van der Waals surface area (Å²) in [5.74, 6) is 2.50. The van der Waals surface area contributed by atoms with Crippen LogP contribution in [0.2, 0.25) is 0 Å². The first-order chi connectivity index (χ1) is 15.6. The molecule has 0 bridgehead atoms. The Hall–Kier alpha value is -2.08. The van der Waals surface area contributed by atoms with Gasteiger partial charge in [-0.3, -0.25) is 4.57 Å². The number of rotatable bonds is 11. The standard InChI is InChI=1S/C23H36N6O3.HI/c1-4-24-22(26-17-19-10-9-18(2)16-20(19)32-15-14-31-3)25-11-7-13-29-23(30)28-12-6-5-8-21(28)27-29;/h9-10,16H,4-8,11-15,17H2,1-3H3,(H2,24,25,26);1H. The average molecular weight is 572 g/mol. The van der Waals surface area contributed by atoms with E-state index in [9.17, 15) is 4.79 Å². The minimum atomic E-state index is 0. The van der Waals surface area contributed by atoms with Crippen LogP contribution < -0.4 is 21.1 Å². The Labute approximate surface area is 213 Å². The van der Waals surface area contributed by atoms with E-state index in [1.807, 2.05) is 24.5 Å². The fourth-order valence-corrected chi connectivity index (χ4v) is 3.70. The lowest BCUT2D eigenvalue weighted by molar-refractivity contribution is 0.145. The van der Waals surface area contributed by atoms with Gasteiger partial charge in [0.2, 0.25) is 0 Å². The molecular formula is C23H37IN6O3. The molecule has 1 aromatic carbocycles. The molecule has 184 valence electrons. The van der Waals surface area contributed by atoms with Crippen LogP contribution in [-0.2, 0) is 30.8 Å². The van der Waals surface area contributed by atoms with Crippen LogP contribution in [0.3, 0.4) is 0 Å². The number of nitrogens with zero attached hydrogens (tertiary/aromatic N) is 4. The van der Waals surface area contributed by atoms with Gasteiger partial charge in [-0.1, -0.05) is 12.1 Å². The lowest BCUT2D eigenvalue weighted by Crippen LogP contribution is -2.38. The molecule has 2 N–H and O–H groups in total. The van der Waals surface area contributed by atoms with Crippen LogP contribution in [0, 0.1) is 6.92 Å². The molecule has 33 heavy (non-hydrogen) atoms. The van der Waals surface area contributed by atoms with Gasteiger partial charge in [0.25, 0.3) is 0 Å². The smallest absolute Gasteiger partial charge is 0.345 e. The van der Waals surface area contributed by atoms with Gasteiger partial charge in [0.1, 0.15) is 18.2 Å². The number of fused-ring (bicyclic) bond motifs is 1. The summed E-state index contributed by atoms with van der Waals surface area (Å²) in [4.78, 5) is 17.2. The molecule has 1 aliphatic heterocycles. The molecule has 1 aromatic heterocycles. The fourth-order valence-electron chi connectivity index (χ4n) is 3.70. The molecule has 9 nitrogen and oxygen atoms in total. The monoisotopic (exact) mass is 572 g/mol. The molecule has 10 heteroatoms. The largest absolute Gasteiger partial charge is 0.491 e.